The molecule has 0 aromatic heterocycles. The van der Waals surface area contributed by atoms with Crippen LogP contribution in [-0.2, 0) is 16.6 Å². The molecule has 0 saturated carbocycles. The summed E-state index contributed by atoms with van der Waals surface area (Å²) in [5.41, 5.74) is 1.18. The zero-order valence-corrected chi connectivity index (χ0v) is 12.0. The summed E-state index contributed by atoms with van der Waals surface area (Å²) in [6.07, 6.45) is 0. The third-order valence-electron chi connectivity index (χ3n) is 2.74. The molecule has 2 aromatic carbocycles. The zero-order chi connectivity index (χ0) is 15.5. The minimum absolute atomic E-state index is 0.312. The average molecular weight is 312 g/mol. The highest BCUT2D eigenvalue weighted by molar-refractivity contribution is 7.92. The second-order valence-electron chi connectivity index (χ2n) is 4.41. The molecule has 0 radical (unpaired) electrons. The first-order valence-corrected chi connectivity index (χ1v) is 7.62. The van der Waals surface area contributed by atoms with Gasteiger partial charge < -0.3 is 5.32 Å². The van der Waals surface area contributed by atoms with Gasteiger partial charge in [-0.2, -0.15) is 0 Å². The smallest absolute Gasteiger partial charge is 0.264 e. The maximum absolute atomic E-state index is 13.6. The van der Waals surface area contributed by atoms with Gasteiger partial charge in [0.05, 0.1) is 0 Å². The van der Waals surface area contributed by atoms with E-state index < -0.39 is 26.6 Å². The third-order valence-corrected chi connectivity index (χ3v) is 4.16. The molecule has 21 heavy (non-hydrogen) atoms. The molecule has 0 atom stereocenters. The second-order valence-corrected chi connectivity index (χ2v) is 6.06. The molecule has 0 aliphatic carbocycles. The molecule has 0 spiro atoms. The van der Waals surface area contributed by atoms with Crippen molar-refractivity contribution in [2.45, 2.75) is 11.4 Å². The van der Waals surface area contributed by atoms with Crippen LogP contribution in [0.5, 0.6) is 0 Å². The third kappa shape index (κ3) is 3.77. The molecule has 0 bridgehead atoms. The van der Waals surface area contributed by atoms with E-state index in [-0.39, 0.29) is 0 Å². The number of anilines is 1. The second kappa shape index (κ2) is 6.19. The highest BCUT2D eigenvalue weighted by Crippen LogP contribution is 2.20. The van der Waals surface area contributed by atoms with Crippen molar-refractivity contribution in [3.8, 4) is 0 Å². The molecule has 2 aromatic rings. The molecule has 2 rings (SSSR count). The number of rotatable bonds is 5. The molecule has 7 heteroatoms. The molecule has 0 amide bonds. The fourth-order valence-electron chi connectivity index (χ4n) is 1.85. The molecule has 0 aliphatic rings. The highest BCUT2D eigenvalue weighted by atomic mass is 32.2. The largest absolute Gasteiger partial charge is 0.316 e. The minimum Gasteiger partial charge on any atom is -0.316 e. The van der Waals surface area contributed by atoms with Crippen LogP contribution in [0.4, 0.5) is 14.5 Å². The van der Waals surface area contributed by atoms with Crippen LogP contribution in [0.1, 0.15) is 5.56 Å². The van der Waals surface area contributed by atoms with Crippen molar-refractivity contribution in [3.05, 3.63) is 59.7 Å². The summed E-state index contributed by atoms with van der Waals surface area (Å²) in [7, 11) is -2.34. The molecule has 0 fully saturated rings. The molecule has 2 N–H and O–H groups in total. The first kappa shape index (κ1) is 15.4. The average Bonchev–Trinajstić information content (AvgIpc) is 2.38. The quantitative estimate of drug-likeness (QED) is 0.892. The van der Waals surface area contributed by atoms with Crippen LogP contribution in [0, 0.1) is 11.6 Å². The monoisotopic (exact) mass is 312 g/mol. The Bertz CT molecular complexity index is 748. The Morgan fingerprint density at radius 1 is 1.10 bits per heavy atom. The van der Waals surface area contributed by atoms with Crippen LogP contribution in [0.25, 0.3) is 0 Å². The van der Waals surface area contributed by atoms with Crippen molar-refractivity contribution >= 4 is 15.7 Å². The number of sulfonamides is 1. The van der Waals surface area contributed by atoms with Gasteiger partial charge in [0, 0.05) is 18.3 Å². The maximum Gasteiger partial charge on any atom is 0.264 e. The van der Waals surface area contributed by atoms with Crippen molar-refractivity contribution in [1.82, 2.24) is 5.32 Å². The van der Waals surface area contributed by atoms with E-state index in [1.807, 2.05) is 6.07 Å². The number of hydrogen-bond acceptors (Lipinski definition) is 3. The van der Waals surface area contributed by atoms with Gasteiger partial charge in [-0.25, -0.2) is 17.2 Å². The lowest BCUT2D eigenvalue weighted by atomic mass is 10.2. The van der Waals surface area contributed by atoms with Gasteiger partial charge in [-0.15, -0.1) is 0 Å². The van der Waals surface area contributed by atoms with Crippen molar-refractivity contribution in [2.24, 2.45) is 0 Å². The molecule has 0 unspecified atom stereocenters. The van der Waals surface area contributed by atoms with Crippen LogP contribution in [0.15, 0.2) is 47.4 Å². The maximum atomic E-state index is 13.6. The van der Waals surface area contributed by atoms with Gasteiger partial charge in [-0.1, -0.05) is 12.1 Å². The summed E-state index contributed by atoms with van der Waals surface area (Å²) in [4.78, 5) is -0.595. The summed E-state index contributed by atoms with van der Waals surface area (Å²) in [5, 5.41) is 2.94. The van der Waals surface area contributed by atoms with E-state index in [4.69, 9.17) is 0 Å². The van der Waals surface area contributed by atoms with Crippen molar-refractivity contribution in [2.75, 3.05) is 11.8 Å². The molecule has 4 nitrogen and oxygen atoms in total. The van der Waals surface area contributed by atoms with Gasteiger partial charge in [-0.05, 0) is 36.9 Å². The van der Waals surface area contributed by atoms with Crippen LogP contribution >= 0.6 is 0 Å². The van der Waals surface area contributed by atoms with Crippen LogP contribution in [0.2, 0.25) is 0 Å². The first-order valence-electron chi connectivity index (χ1n) is 6.14. The van der Waals surface area contributed by atoms with Gasteiger partial charge in [0.15, 0.2) is 0 Å². The number of benzene rings is 2. The van der Waals surface area contributed by atoms with Crippen molar-refractivity contribution < 1.29 is 17.2 Å². The van der Waals surface area contributed by atoms with Gasteiger partial charge in [-0.3, -0.25) is 4.72 Å². The van der Waals surface area contributed by atoms with E-state index in [0.29, 0.717) is 18.3 Å². The van der Waals surface area contributed by atoms with E-state index in [2.05, 4.69) is 10.0 Å². The minimum atomic E-state index is -4.10. The molecule has 0 heterocycles. The summed E-state index contributed by atoms with van der Waals surface area (Å²) < 4.78 is 52.9. The fourth-order valence-corrected chi connectivity index (χ4v) is 2.96. The SMILES string of the molecule is CNCc1cccc(NS(=O)(=O)c2ccc(F)cc2F)c1. The summed E-state index contributed by atoms with van der Waals surface area (Å²) >= 11 is 0. The molecular weight excluding hydrogens is 298 g/mol. The standard InChI is InChI=1S/C14H14F2N2O2S/c1-17-9-10-3-2-4-12(7-10)18-21(19,20)14-6-5-11(15)8-13(14)16/h2-8,17-18H,9H2,1H3. The van der Waals surface area contributed by atoms with Crippen molar-refractivity contribution in [3.63, 3.8) is 0 Å². The van der Waals surface area contributed by atoms with E-state index in [1.165, 1.54) is 0 Å². The first-order chi connectivity index (χ1) is 9.92. The fraction of sp³-hybridized carbons (Fsp3) is 0.143. The Hall–Kier alpha value is -1.99. The topological polar surface area (TPSA) is 58.2 Å². The lowest BCUT2D eigenvalue weighted by molar-refractivity contribution is 0.551. The summed E-state index contributed by atoms with van der Waals surface area (Å²) in [5.74, 6) is -1.96. The molecular formula is C14H14F2N2O2S. The number of hydrogen-bond donors (Lipinski definition) is 2. The predicted molar refractivity (Wildman–Crippen MR) is 76.4 cm³/mol. The summed E-state index contributed by atoms with van der Waals surface area (Å²) in [6.45, 7) is 0.570. The molecule has 0 aliphatic heterocycles. The van der Waals surface area contributed by atoms with E-state index in [0.717, 1.165) is 17.7 Å². The zero-order valence-electron chi connectivity index (χ0n) is 11.2. The van der Waals surface area contributed by atoms with Crippen LogP contribution in [-0.4, -0.2) is 15.5 Å². The Morgan fingerprint density at radius 2 is 1.86 bits per heavy atom. The predicted octanol–water partition coefficient (Wildman–Crippen LogP) is 2.49. The lowest BCUT2D eigenvalue weighted by Crippen LogP contribution is -2.15. The highest BCUT2D eigenvalue weighted by Gasteiger charge is 2.19. The summed E-state index contributed by atoms with van der Waals surface area (Å²) in [6, 6.07) is 9.03. The van der Waals surface area contributed by atoms with Crippen LogP contribution in [0.3, 0.4) is 0 Å². The Kier molecular flexibility index (Phi) is 4.54. The van der Waals surface area contributed by atoms with Crippen molar-refractivity contribution in [1.29, 1.82) is 0 Å². The van der Waals surface area contributed by atoms with E-state index in [9.17, 15) is 17.2 Å². The molecule has 112 valence electrons. The van der Waals surface area contributed by atoms with Crippen LogP contribution < -0.4 is 10.0 Å². The van der Waals surface area contributed by atoms with Gasteiger partial charge in [0.1, 0.15) is 16.5 Å². The normalized spacial score (nSPS) is 11.4. The van der Waals surface area contributed by atoms with E-state index in [1.54, 1.807) is 25.2 Å². The van der Waals surface area contributed by atoms with Gasteiger partial charge in [0.25, 0.3) is 10.0 Å². The lowest BCUT2D eigenvalue weighted by Gasteiger charge is -2.10. The van der Waals surface area contributed by atoms with Gasteiger partial charge in [0.2, 0.25) is 0 Å². The Labute approximate surface area is 121 Å². The van der Waals surface area contributed by atoms with Gasteiger partial charge >= 0.3 is 0 Å². The Morgan fingerprint density at radius 3 is 2.52 bits per heavy atom. The molecule has 0 saturated heterocycles. The van der Waals surface area contributed by atoms with E-state index >= 15 is 0 Å². The number of nitrogens with one attached hydrogen (secondary N) is 2. The number of halogens is 2. The Balaban J connectivity index is 2.31.